The minimum absolute atomic E-state index is 0. The Hall–Kier alpha value is -3.06. The number of ether oxygens (including phenoxy) is 4. The summed E-state index contributed by atoms with van der Waals surface area (Å²) >= 11 is 28.6. The van der Waals surface area contributed by atoms with Crippen LogP contribution in [0.1, 0.15) is 83.5 Å². The largest absolute Gasteiger partial charge is 2.00 e. The fourth-order valence-corrected chi connectivity index (χ4v) is 1.41. The SMILES string of the molecule is CC(=O)[O-].CC(=O)[O-].CC(=O)[O-].CC(=O)[O-].CC(=O)[O-].CC(=O)[O-].COC(=O)c1cc(C(=O)OC)[n-]n1.COC(=O)c1cc(C(=O)OC)[n-]n1.ClCCl.ClCCl.ClCCl.[Cu+2].[Cu+2].[Cu+2].[Cu+2]. The molecule has 0 bridgehead atoms. The summed E-state index contributed by atoms with van der Waals surface area (Å²) in [6.07, 6.45) is 0. The topological polar surface area (TPSA) is 400 Å². The number of esters is 4. The summed E-state index contributed by atoms with van der Waals surface area (Å²) in [7, 11) is 4.87. The summed E-state index contributed by atoms with van der Waals surface area (Å²) in [6, 6.07) is 2.41. The molecular formula is C29H38Cl6Cu4N4O20. The predicted molar refractivity (Wildman–Crippen MR) is 194 cm³/mol. The van der Waals surface area contributed by atoms with Gasteiger partial charge in [-0.05, 0) is 65.1 Å². The van der Waals surface area contributed by atoms with E-state index in [-0.39, 0.29) is 107 Å². The monoisotopic (exact) mass is 1220 g/mol. The number of hydrogen-bond acceptors (Lipinski definition) is 22. The van der Waals surface area contributed by atoms with Crippen molar-refractivity contribution in [2.24, 2.45) is 0 Å². The number of carboxylic acid groups (broad SMARTS) is 6. The van der Waals surface area contributed by atoms with Crippen molar-refractivity contribution in [3.8, 4) is 0 Å². The number of aliphatic carboxylic acids is 6. The van der Waals surface area contributed by atoms with E-state index in [0.29, 0.717) is 0 Å². The molecule has 0 saturated carbocycles. The number of carbonyl (C=O) groups is 10. The normalized spacial score (nSPS) is 7.11. The number of alkyl halides is 6. The molecule has 4 radical (unpaired) electrons. The summed E-state index contributed by atoms with van der Waals surface area (Å²) in [5.41, 5.74) is -0.0448. The number of carbonyl (C=O) groups excluding carboxylic acids is 10. The molecule has 2 aromatic heterocycles. The molecule has 0 aliphatic heterocycles. The first-order valence-electron chi connectivity index (χ1n) is 13.8. The molecule has 0 spiro atoms. The van der Waals surface area contributed by atoms with Crippen LogP contribution in [0.4, 0.5) is 0 Å². The number of aromatic nitrogens is 4. The number of methoxy groups -OCH3 is 4. The standard InChI is InChI=1S/2C7H8N2O4.6C2H4O2.3CH2Cl2.4Cu/c2*1-12-6(10)4-3-5(9-8-4)7(11)13-2;6*1-2(3)4;3*2-1-3;;;;/h2*3H,1-2H3,(H,8,9,10,11);6*1H3,(H,3,4);3*1H2;;;;/q;;;;;;;;;;;4*+2/p-8. The molecule has 0 aliphatic carbocycles. The van der Waals surface area contributed by atoms with Gasteiger partial charge in [0.1, 0.15) is 11.4 Å². The third-order valence-corrected chi connectivity index (χ3v) is 2.66. The smallest absolute Gasteiger partial charge is 0.569 e. The molecule has 0 saturated heterocycles. The Kier molecular flexibility index (Phi) is 110. The van der Waals surface area contributed by atoms with Crippen molar-refractivity contribution in [1.29, 1.82) is 0 Å². The zero-order valence-corrected chi connectivity index (χ0v) is 42.0. The fraction of sp³-hybridized carbons (Fsp3) is 0.448. The van der Waals surface area contributed by atoms with Crippen LogP contribution in [-0.2, 0) is 116 Å². The van der Waals surface area contributed by atoms with Gasteiger partial charge in [0.2, 0.25) is 0 Å². The van der Waals surface area contributed by atoms with E-state index in [0.717, 1.165) is 41.5 Å². The maximum atomic E-state index is 10.9. The van der Waals surface area contributed by atoms with E-state index in [9.17, 15) is 19.2 Å². The van der Waals surface area contributed by atoms with Crippen molar-refractivity contribution in [2.75, 3.05) is 44.5 Å². The molecule has 0 aromatic carbocycles. The first-order chi connectivity index (χ1) is 27.0. The first kappa shape index (κ1) is 94.5. The van der Waals surface area contributed by atoms with Crippen LogP contribution in [0.3, 0.4) is 0 Å². The average molecular weight is 1230 g/mol. The maximum Gasteiger partial charge on any atom is 2.00 e. The van der Waals surface area contributed by atoms with Crippen LogP contribution >= 0.6 is 69.6 Å². The van der Waals surface area contributed by atoms with Gasteiger partial charge in [-0.1, -0.05) is 0 Å². The Labute approximate surface area is 433 Å². The first-order valence-corrected chi connectivity index (χ1v) is 17.0. The number of hydrogen-bond donors (Lipinski definition) is 0. The number of halogens is 6. The van der Waals surface area contributed by atoms with E-state index in [1.54, 1.807) is 0 Å². The van der Waals surface area contributed by atoms with Gasteiger partial charge in [0.25, 0.3) is 0 Å². The Morgan fingerprint density at radius 1 is 0.413 bits per heavy atom. The van der Waals surface area contributed by atoms with Gasteiger partial charge in [-0.2, -0.15) is 0 Å². The molecule has 0 atom stereocenters. The second-order valence-electron chi connectivity index (χ2n) is 7.45. The van der Waals surface area contributed by atoms with Crippen molar-refractivity contribution in [3.05, 3.63) is 34.9 Å². The van der Waals surface area contributed by atoms with E-state index < -0.39 is 59.7 Å². The van der Waals surface area contributed by atoms with Gasteiger partial charge in [-0.15, -0.1) is 69.6 Å². The number of nitrogens with zero attached hydrogens (tertiary/aromatic N) is 4. The Morgan fingerprint density at radius 2 is 0.540 bits per heavy atom. The maximum absolute atomic E-state index is 10.9. The summed E-state index contributed by atoms with van der Waals surface area (Å²) in [6.45, 7) is 5.83. The quantitative estimate of drug-likeness (QED) is 0.122. The number of rotatable bonds is 4. The minimum atomic E-state index is -1.08. The van der Waals surface area contributed by atoms with Gasteiger partial charge in [-0.25, -0.2) is 19.2 Å². The van der Waals surface area contributed by atoms with Crippen LogP contribution in [0.2, 0.25) is 0 Å². The number of carboxylic acids is 6. The second kappa shape index (κ2) is 73.3. The Bertz CT molecular complexity index is 1210. The fourth-order valence-electron chi connectivity index (χ4n) is 1.41. The molecule has 2 aromatic rings. The molecule has 63 heavy (non-hydrogen) atoms. The van der Waals surface area contributed by atoms with Gasteiger partial charge in [0, 0.05) is 35.8 Å². The molecule has 0 aliphatic rings. The summed E-state index contributed by atoms with van der Waals surface area (Å²) in [4.78, 5) is 96.8. The van der Waals surface area contributed by atoms with Crippen LogP contribution in [-0.4, -0.2) is 114 Å². The van der Waals surface area contributed by atoms with E-state index >= 15 is 0 Å². The molecule has 380 valence electrons. The van der Waals surface area contributed by atoms with E-state index in [2.05, 4.69) is 39.3 Å². The van der Waals surface area contributed by atoms with Gasteiger partial charge in [-0.3, -0.25) is 0 Å². The zero-order chi connectivity index (χ0) is 49.3. The summed E-state index contributed by atoms with van der Waals surface area (Å²) in [5, 5.41) is 67.6. The van der Waals surface area contributed by atoms with E-state index in [1.807, 2.05) is 0 Å². The van der Waals surface area contributed by atoms with Crippen LogP contribution in [0.5, 0.6) is 0 Å². The molecule has 0 fully saturated rings. The molecule has 0 amide bonds. The van der Waals surface area contributed by atoms with E-state index in [1.165, 1.54) is 40.6 Å². The van der Waals surface area contributed by atoms with Crippen molar-refractivity contribution in [1.82, 2.24) is 20.4 Å². The molecule has 0 N–H and O–H groups in total. The zero-order valence-electron chi connectivity index (χ0n) is 33.7. The molecule has 2 rings (SSSR count). The molecular weight excluding hydrogens is 1190 g/mol. The van der Waals surface area contributed by atoms with E-state index in [4.69, 9.17) is 129 Å². The summed E-state index contributed by atoms with van der Waals surface area (Å²) < 4.78 is 17.5. The van der Waals surface area contributed by atoms with Crippen molar-refractivity contribution in [3.63, 3.8) is 0 Å². The van der Waals surface area contributed by atoms with Crippen molar-refractivity contribution < 1.29 is 166 Å². The molecule has 24 nitrogen and oxygen atoms in total. The Morgan fingerprint density at radius 3 is 0.651 bits per heavy atom. The third-order valence-electron chi connectivity index (χ3n) is 2.66. The third kappa shape index (κ3) is 126. The van der Waals surface area contributed by atoms with Crippen molar-refractivity contribution >= 4 is 129 Å². The average Bonchev–Trinajstić information content (AvgIpc) is 3.78. The van der Waals surface area contributed by atoms with Gasteiger partial charge in [0.15, 0.2) is 0 Å². The van der Waals surface area contributed by atoms with Crippen LogP contribution in [0.15, 0.2) is 12.1 Å². The molecule has 2 heterocycles. The second-order valence-corrected chi connectivity index (χ2v) is 9.87. The molecule has 0 unspecified atom stereocenters. The molecule has 34 heteroatoms. The van der Waals surface area contributed by atoms with Gasteiger partial charge < -0.3 is 98.7 Å². The van der Waals surface area contributed by atoms with Crippen molar-refractivity contribution in [2.45, 2.75) is 41.5 Å². The minimum Gasteiger partial charge on any atom is -0.569 e. The van der Waals surface area contributed by atoms with Gasteiger partial charge >= 0.3 is 92.2 Å². The van der Waals surface area contributed by atoms with Gasteiger partial charge in [0.05, 0.1) is 44.5 Å². The van der Waals surface area contributed by atoms with Crippen LogP contribution in [0.25, 0.3) is 0 Å². The Balaban J connectivity index is -0.0000000420. The summed E-state index contributed by atoms with van der Waals surface area (Å²) in [5.74, 6) is -9.05. The van der Waals surface area contributed by atoms with Crippen LogP contribution < -0.4 is 40.8 Å². The van der Waals surface area contributed by atoms with Crippen LogP contribution in [0, 0.1) is 0 Å². The predicted octanol–water partition coefficient (Wildman–Crippen LogP) is -3.98.